The van der Waals surface area contributed by atoms with Gasteiger partial charge in [0.1, 0.15) is 0 Å². The standard InChI is InChI=1S/C16H27NO5S/c1-21-14(18)13-11-15(13)7-9-17(10-8-15)23(19,20)12-16(22-2)5-3-4-6-16/h13H,3-12H2,1-2H3. The molecule has 3 rings (SSSR count). The Bertz CT molecular complexity index is 559. The smallest absolute Gasteiger partial charge is 0.309 e. The van der Waals surface area contributed by atoms with Crippen molar-refractivity contribution in [3.63, 3.8) is 0 Å². The Kier molecular flexibility index (Phi) is 4.48. The summed E-state index contributed by atoms with van der Waals surface area (Å²) in [5.41, 5.74) is -0.506. The summed E-state index contributed by atoms with van der Waals surface area (Å²) in [7, 11) is -0.272. The van der Waals surface area contributed by atoms with Gasteiger partial charge in [0, 0.05) is 20.2 Å². The Balaban J connectivity index is 1.60. The monoisotopic (exact) mass is 345 g/mol. The van der Waals surface area contributed by atoms with Crippen LogP contribution in [0.1, 0.15) is 44.9 Å². The third kappa shape index (κ3) is 3.15. The Morgan fingerprint density at radius 1 is 1.13 bits per heavy atom. The molecule has 1 spiro atoms. The molecule has 0 aromatic heterocycles. The van der Waals surface area contributed by atoms with Crippen LogP contribution >= 0.6 is 0 Å². The van der Waals surface area contributed by atoms with Gasteiger partial charge in [0.15, 0.2) is 0 Å². The fourth-order valence-electron chi connectivity index (χ4n) is 4.44. The highest BCUT2D eigenvalue weighted by molar-refractivity contribution is 7.89. The topological polar surface area (TPSA) is 72.9 Å². The molecular formula is C16H27NO5S. The van der Waals surface area contributed by atoms with Gasteiger partial charge in [-0.1, -0.05) is 12.8 Å². The van der Waals surface area contributed by atoms with Crippen molar-refractivity contribution in [2.45, 2.75) is 50.5 Å². The molecule has 1 atom stereocenters. The molecule has 1 aliphatic heterocycles. The van der Waals surface area contributed by atoms with Crippen LogP contribution in [-0.2, 0) is 24.3 Å². The van der Waals surface area contributed by atoms with E-state index < -0.39 is 15.6 Å². The second kappa shape index (κ2) is 6.01. The zero-order chi connectivity index (χ0) is 16.7. The maximum absolute atomic E-state index is 12.8. The second-order valence-electron chi connectivity index (χ2n) is 7.39. The Morgan fingerprint density at radius 3 is 2.26 bits per heavy atom. The lowest BCUT2D eigenvalue weighted by molar-refractivity contribution is -0.143. The molecule has 132 valence electrons. The first-order valence-electron chi connectivity index (χ1n) is 8.47. The highest BCUT2D eigenvalue weighted by atomic mass is 32.2. The van der Waals surface area contributed by atoms with Crippen LogP contribution < -0.4 is 0 Å². The van der Waals surface area contributed by atoms with E-state index in [2.05, 4.69) is 0 Å². The van der Waals surface area contributed by atoms with E-state index in [1.807, 2.05) is 0 Å². The molecule has 2 saturated carbocycles. The lowest BCUT2D eigenvalue weighted by Gasteiger charge is -2.35. The molecule has 1 heterocycles. The summed E-state index contributed by atoms with van der Waals surface area (Å²) in [4.78, 5) is 11.7. The predicted molar refractivity (Wildman–Crippen MR) is 85.4 cm³/mol. The van der Waals surface area contributed by atoms with Crippen molar-refractivity contribution in [2.24, 2.45) is 11.3 Å². The molecule has 2 aliphatic carbocycles. The van der Waals surface area contributed by atoms with Crippen molar-refractivity contribution in [3.05, 3.63) is 0 Å². The number of carbonyl (C=O) groups is 1. The van der Waals surface area contributed by atoms with Gasteiger partial charge in [0.25, 0.3) is 0 Å². The van der Waals surface area contributed by atoms with Gasteiger partial charge in [-0.25, -0.2) is 12.7 Å². The van der Waals surface area contributed by atoms with E-state index in [1.54, 1.807) is 11.4 Å². The zero-order valence-corrected chi connectivity index (χ0v) is 14.9. The Morgan fingerprint density at radius 2 is 1.74 bits per heavy atom. The molecule has 23 heavy (non-hydrogen) atoms. The maximum atomic E-state index is 12.8. The molecule has 0 aromatic rings. The first-order chi connectivity index (χ1) is 10.9. The third-order valence-electron chi connectivity index (χ3n) is 6.18. The summed E-state index contributed by atoms with van der Waals surface area (Å²) in [6.07, 6.45) is 6.07. The predicted octanol–water partition coefficient (Wildman–Crippen LogP) is 1.55. The van der Waals surface area contributed by atoms with Gasteiger partial charge in [-0.15, -0.1) is 0 Å². The van der Waals surface area contributed by atoms with Crippen molar-refractivity contribution in [2.75, 3.05) is 33.1 Å². The number of ether oxygens (including phenoxy) is 2. The van der Waals surface area contributed by atoms with E-state index in [0.717, 1.165) is 44.9 Å². The Labute approximate surface area is 138 Å². The van der Waals surface area contributed by atoms with Crippen molar-refractivity contribution >= 4 is 16.0 Å². The van der Waals surface area contributed by atoms with E-state index in [-0.39, 0.29) is 23.1 Å². The minimum absolute atomic E-state index is 0.00852. The maximum Gasteiger partial charge on any atom is 0.309 e. The third-order valence-corrected chi connectivity index (χ3v) is 8.22. The number of methoxy groups -OCH3 is 2. The summed E-state index contributed by atoms with van der Waals surface area (Å²) < 4.78 is 37.5. The average molecular weight is 345 g/mol. The number of hydrogen-bond acceptors (Lipinski definition) is 5. The quantitative estimate of drug-likeness (QED) is 0.707. The summed E-state index contributed by atoms with van der Waals surface area (Å²) >= 11 is 0. The molecule has 3 fully saturated rings. The summed E-state index contributed by atoms with van der Waals surface area (Å²) in [5, 5.41) is 0. The molecular weight excluding hydrogens is 318 g/mol. The van der Waals surface area contributed by atoms with E-state index in [9.17, 15) is 13.2 Å². The van der Waals surface area contributed by atoms with Crippen LogP contribution in [0.5, 0.6) is 0 Å². The number of carbonyl (C=O) groups excluding carboxylic acids is 1. The first kappa shape index (κ1) is 17.2. The van der Waals surface area contributed by atoms with Crippen LogP contribution in [-0.4, -0.2) is 57.4 Å². The normalized spacial score (nSPS) is 29.6. The van der Waals surface area contributed by atoms with Gasteiger partial charge in [0.05, 0.1) is 24.4 Å². The molecule has 1 unspecified atom stereocenters. The Hall–Kier alpha value is -0.660. The first-order valence-corrected chi connectivity index (χ1v) is 10.1. The van der Waals surface area contributed by atoms with E-state index in [0.29, 0.717) is 13.1 Å². The molecule has 0 N–H and O–H groups in total. The largest absolute Gasteiger partial charge is 0.469 e. The molecule has 7 heteroatoms. The van der Waals surface area contributed by atoms with Gasteiger partial charge in [-0.2, -0.15) is 0 Å². The molecule has 6 nitrogen and oxygen atoms in total. The van der Waals surface area contributed by atoms with E-state index >= 15 is 0 Å². The molecule has 0 aromatic carbocycles. The minimum atomic E-state index is -3.31. The molecule has 3 aliphatic rings. The molecule has 1 saturated heterocycles. The summed E-state index contributed by atoms with van der Waals surface area (Å²) in [5.74, 6) is -0.0905. The van der Waals surface area contributed by atoms with Crippen molar-refractivity contribution in [1.82, 2.24) is 4.31 Å². The van der Waals surface area contributed by atoms with Gasteiger partial charge < -0.3 is 9.47 Å². The SMILES string of the molecule is COC(=O)C1CC12CCN(S(=O)(=O)CC1(OC)CCCC1)CC2. The van der Waals surface area contributed by atoms with Gasteiger partial charge in [-0.3, -0.25) is 4.79 Å². The van der Waals surface area contributed by atoms with Gasteiger partial charge >= 0.3 is 5.97 Å². The fourth-order valence-corrected chi connectivity index (χ4v) is 6.43. The lowest BCUT2D eigenvalue weighted by Crippen LogP contribution is -2.46. The van der Waals surface area contributed by atoms with Gasteiger partial charge in [0.2, 0.25) is 10.0 Å². The van der Waals surface area contributed by atoms with Crippen molar-refractivity contribution in [3.8, 4) is 0 Å². The van der Waals surface area contributed by atoms with Gasteiger partial charge in [-0.05, 0) is 37.5 Å². The lowest BCUT2D eigenvalue weighted by atomic mass is 9.92. The number of hydrogen-bond donors (Lipinski definition) is 0. The van der Waals surface area contributed by atoms with Crippen LogP contribution in [0.4, 0.5) is 0 Å². The zero-order valence-electron chi connectivity index (χ0n) is 14.0. The van der Waals surface area contributed by atoms with E-state index in [4.69, 9.17) is 9.47 Å². The van der Waals surface area contributed by atoms with Crippen LogP contribution in [0.3, 0.4) is 0 Å². The van der Waals surface area contributed by atoms with E-state index in [1.165, 1.54) is 7.11 Å². The number of sulfonamides is 1. The number of rotatable bonds is 5. The minimum Gasteiger partial charge on any atom is -0.469 e. The summed E-state index contributed by atoms with van der Waals surface area (Å²) in [6.45, 7) is 1.02. The molecule has 0 radical (unpaired) electrons. The summed E-state index contributed by atoms with van der Waals surface area (Å²) in [6, 6.07) is 0. The fraction of sp³-hybridized carbons (Fsp3) is 0.938. The molecule has 0 bridgehead atoms. The second-order valence-corrected chi connectivity index (χ2v) is 9.36. The number of esters is 1. The highest BCUT2D eigenvalue weighted by Gasteiger charge is 2.60. The molecule has 0 amide bonds. The van der Waals surface area contributed by atoms with Crippen LogP contribution in [0, 0.1) is 11.3 Å². The van der Waals surface area contributed by atoms with Crippen molar-refractivity contribution in [1.29, 1.82) is 0 Å². The van der Waals surface area contributed by atoms with Crippen LogP contribution in [0.25, 0.3) is 0 Å². The number of nitrogens with zero attached hydrogens (tertiary/aromatic N) is 1. The van der Waals surface area contributed by atoms with Crippen LogP contribution in [0.2, 0.25) is 0 Å². The highest BCUT2D eigenvalue weighted by Crippen LogP contribution is 2.60. The van der Waals surface area contributed by atoms with Crippen LogP contribution in [0.15, 0.2) is 0 Å². The number of piperidine rings is 1. The average Bonchev–Trinajstić information content (AvgIpc) is 3.03. The van der Waals surface area contributed by atoms with Crippen molar-refractivity contribution < 1.29 is 22.7 Å².